The summed E-state index contributed by atoms with van der Waals surface area (Å²) in [6.45, 7) is 13.1. The molecule has 0 aliphatic heterocycles. The van der Waals surface area contributed by atoms with Crippen molar-refractivity contribution < 1.29 is 36.6 Å². The van der Waals surface area contributed by atoms with E-state index in [9.17, 15) is 0 Å². The van der Waals surface area contributed by atoms with Crippen LogP contribution in [0.15, 0.2) is 22.3 Å². The fourth-order valence-corrected chi connectivity index (χ4v) is 1.57. The van der Waals surface area contributed by atoms with Gasteiger partial charge in [-0.2, -0.15) is 0 Å². The number of carbonyl (C=O) groups is 2. The van der Waals surface area contributed by atoms with Crippen LogP contribution in [0, 0.1) is 5.92 Å². The molecule has 0 N–H and O–H groups in total. The van der Waals surface area contributed by atoms with E-state index < -0.39 is 11.9 Å². The Morgan fingerprint density at radius 1 is 0.842 bits per heavy atom. The van der Waals surface area contributed by atoms with Crippen molar-refractivity contribution in [1.82, 2.24) is 0 Å². The molecule has 0 unspecified atom stereocenters. The predicted octanol–water partition coefficient (Wildman–Crippen LogP) is 0.819. The van der Waals surface area contributed by atoms with Crippen LogP contribution in [0.5, 0.6) is 0 Å². The maximum Gasteiger partial charge on any atom is 2.00 e. The first-order valence-electron chi connectivity index (χ1n) is 5.72. The van der Waals surface area contributed by atoms with Gasteiger partial charge in [-0.3, -0.25) is 0 Å². The Kier molecular flexibility index (Phi) is 13.1. The third kappa shape index (κ3) is 10.5. The maximum atomic E-state index is 8.89. The van der Waals surface area contributed by atoms with Crippen LogP contribution < -0.4 is 10.2 Å². The van der Waals surface area contributed by atoms with E-state index >= 15 is 0 Å². The summed E-state index contributed by atoms with van der Waals surface area (Å²) in [5.74, 6) is -1.47. The summed E-state index contributed by atoms with van der Waals surface area (Å²) in [6, 6.07) is 0. The molecule has 1 rings (SSSR count). The summed E-state index contributed by atoms with van der Waals surface area (Å²) < 4.78 is 0. The average molecular weight is 313 g/mol. The molecule has 0 aromatic rings. The van der Waals surface area contributed by atoms with Crippen LogP contribution in [0.2, 0.25) is 0 Å². The molecule has 0 saturated carbocycles. The molecule has 1 aliphatic rings. The quantitative estimate of drug-likeness (QED) is 0.663. The zero-order chi connectivity index (χ0) is 15.0. The maximum absolute atomic E-state index is 8.89. The minimum Gasteiger partial charge on any atom is -0.550 e. The molecule has 0 fully saturated rings. The summed E-state index contributed by atoms with van der Waals surface area (Å²) in [5, 5.41) is 17.8. The van der Waals surface area contributed by atoms with Crippen LogP contribution in [-0.2, 0) is 26.4 Å². The number of carboxylic acid groups (broad SMARTS) is 2. The molecular formula is C14H22CoO4. The normalized spacial score (nSPS) is 13.8. The molecule has 0 saturated heterocycles. The first-order valence-corrected chi connectivity index (χ1v) is 5.72. The van der Waals surface area contributed by atoms with Gasteiger partial charge < -0.3 is 19.8 Å². The number of allylic oxidation sites excluding steroid dienone is 4. The molecule has 19 heavy (non-hydrogen) atoms. The molecule has 5 heteroatoms. The summed E-state index contributed by atoms with van der Waals surface area (Å²) in [4.78, 5) is 17.8. The molecule has 0 heterocycles. The minimum absolute atomic E-state index is 0. The van der Waals surface area contributed by atoms with Gasteiger partial charge in [0, 0.05) is 11.9 Å². The standard InChI is InChI=1S/C10H16.2C2H4O2.Co/c1-6-7(2)9(4)10(5)8(6)3;2*1-2(3)4;/h6H,1-5H3;2*1H3,(H,3,4);/q;;;+2/p-2. The number of carbonyl (C=O) groups excluding carboxylic acids is 2. The number of hydrogen-bond acceptors (Lipinski definition) is 4. The van der Waals surface area contributed by atoms with Crippen molar-refractivity contribution in [2.24, 2.45) is 5.92 Å². The monoisotopic (exact) mass is 313 g/mol. The van der Waals surface area contributed by atoms with E-state index in [1.165, 1.54) is 11.1 Å². The Labute approximate surface area is 125 Å². The first kappa shape index (κ1) is 23.1. The van der Waals surface area contributed by atoms with E-state index in [1.807, 2.05) is 0 Å². The second-order valence-electron chi connectivity index (χ2n) is 4.32. The van der Waals surface area contributed by atoms with Crippen molar-refractivity contribution in [1.29, 1.82) is 0 Å². The van der Waals surface area contributed by atoms with Gasteiger partial charge in [0.1, 0.15) is 0 Å². The smallest absolute Gasteiger partial charge is 0.550 e. The van der Waals surface area contributed by atoms with Gasteiger partial charge in [0.15, 0.2) is 0 Å². The Balaban J connectivity index is -0.000000242. The average Bonchev–Trinajstić information content (AvgIpc) is 2.35. The molecular weight excluding hydrogens is 291 g/mol. The van der Waals surface area contributed by atoms with Crippen molar-refractivity contribution in [3.63, 3.8) is 0 Å². The Hall–Kier alpha value is -1.07. The molecule has 4 nitrogen and oxygen atoms in total. The van der Waals surface area contributed by atoms with Gasteiger partial charge in [0.25, 0.3) is 0 Å². The number of aliphatic carboxylic acids is 2. The number of carboxylic acids is 2. The van der Waals surface area contributed by atoms with Gasteiger partial charge in [-0.15, -0.1) is 0 Å². The Morgan fingerprint density at radius 3 is 1.05 bits per heavy atom. The second-order valence-corrected chi connectivity index (χ2v) is 4.32. The first-order chi connectivity index (χ1) is 8.02. The van der Waals surface area contributed by atoms with Crippen molar-refractivity contribution in [3.05, 3.63) is 22.3 Å². The molecule has 111 valence electrons. The molecule has 0 amide bonds. The summed E-state index contributed by atoms with van der Waals surface area (Å²) in [6.07, 6.45) is 0. The zero-order valence-electron chi connectivity index (χ0n) is 12.5. The molecule has 1 aliphatic carbocycles. The minimum atomic E-state index is -1.08. The van der Waals surface area contributed by atoms with Crippen LogP contribution in [-0.4, -0.2) is 11.9 Å². The molecule has 0 aromatic heterocycles. The molecule has 0 atom stereocenters. The van der Waals surface area contributed by atoms with Crippen LogP contribution in [0.3, 0.4) is 0 Å². The van der Waals surface area contributed by atoms with Gasteiger partial charge >= 0.3 is 16.8 Å². The predicted molar refractivity (Wildman–Crippen MR) is 67.3 cm³/mol. The van der Waals surface area contributed by atoms with Gasteiger partial charge in [-0.05, 0) is 58.6 Å². The third-order valence-electron chi connectivity index (χ3n) is 3.04. The molecule has 0 spiro atoms. The number of hydrogen-bond donors (Lipinski definition) is 0. The summed E-state index contributed by atoms with van der Waals surface area (Å²) in [5.41, 5.74) is 6.11. The van der Waals surface area contributed by atoms with E-state index in [0.717, 1.165) is 13.8 Å². The summed E-state index contributed by atoms with van der Waals surface area (Å²) in [7, 11) is 0. The molecule has 0 bridgehead atoms. The van der Waals surface area contributed by atoms with Gasteiger partial charge in [-0.25, -0.2) is 0 Å². The van der Waals surface area contributed by atoms with E-state index in [0.29, 0.717) is 5.92 Å². The van der Waals surface area contributed by atoms with Crippen molar-refractivity contribution >= 4 is 11.9 Å². The van der Waals surface area contributed by atoms with E-state index in [4.69, 9.17) is 19.8 Å². The van der Waals surface area contributed by atoms with E-state index in [2.05, 4.69) is 34.6 Å². The van der Waals surface area contributed by atoms with E-state index in [1.54, 1.807) is 11.1 Å². The Morgan fingerprint density at radius 2 is 1.00 bits per heavy atom. The Bertz CT molecular complexity index is 337. The van der Waals surface area contributed by atoms with Gasteiger partial charge in [0.2, 0.25) is 0 Å². The second kappa shape index (κ2) is 10.8. The van der Waals surface area contributed by atoms with Crippen molar-refractivity contribution in [3.8, 4) is 0 Å². The van der Waals surface area contributed by atoms with E-state index in [-0.39, 0.29) is 16.8 Å². The molecule has 0 aromatic carbocycles. The van der Waals surface area contributed by atoms with Crippen LogP contribution >= 0.6 is 0 Å². The topological polar surface area (TPSA) is 80.3 Å². The summed E-state index contributed by atoms with van der Waals surface area (Å²) >= 11 is 0. The van der Waals surface area contributed by atoms with Crippen molar-refractivity contribution in [2.45, 2.75) is 48.5 Å². The fraction of sp³-hybridized carbons (Fsp3) is 0.571. The largest absolute Gasteiger partial charge is 2.00 e. The zero-order valence-corrected chi connectivity index (χ0v) is 13.6. The van der Waals surface area contributed by atoms with Crippen molar-refractivity contribution in [2.75, 3.05) is 0 Å². The molecule has 1 radical (unpaired) electrons. The SMILES string of the molecule is CC(=O)[O-].CC(=O)[O-].CC1=C(C)C(C)C(C)=C1C.[Co+2]. The van der Waals surface area contributed by atoms with Crippen LogP contribution in [0.25, 0.3) is 0 Å². The van der Waals surface area contributed by atoms with Gasteiger partial charge in [-0.1, -0.05) is 18.1 Å². The fourth-order valence-electron chi connectivity index (χ4n) is 1.57. The third-order valence-corrected chi connectivity index (χ3v) is 3.04. The number of rotatable bonds is 0. The van der Waals surface area contributed by atoms with Crippen LogP contribution in [0.1, 0.15) is 48.5 Å². The van der Waals surface area contributed by atoms with Crippen LogP contribution in [0.4, 0.5) is 0 Å². The van der Waals surface area contributed by atoms with Gasteiger partial charge in [0.05, 0.1) is 0 Å².